The van der Waals surface area contributed by atoms with Gasteiger partial charge in [-0.15, -0.1) is 0 Å². The van der Waals surface area contributed by atoms with Crippen LogP contribution < -0.4 is 5.32 Å². The number of rotatable bonds is 3. The van der Waals surface area contributed by atoms with Gasteiger partial charge in [-0.2, -0.15) is 18.3 Å². The van der Waals surface area contributed by atoms with Crippen LogP contribution in [0.5, 0.6) is 0 Å². The lowest BCUT2D eigenvalue weighted by atomic mass is 9.82. The number of aromatic nitrogens is 2. The van der Waals surface area contributed by atoms with Crippen LogP contribution in [0.1, 0.15) is 47.7 Å². The van der Waals surface area contributed by atoms with Crippen LogP contribution in [-0.4, -0.2) is 64.7 Å². The Balaban J connectivity index is 1.59. The van der Waals surface area contributed by atoms with E-state index in [0.29, 0.717) is 32.6 Å². The molecule has 2 aliphatic heterocycles. The molecule has 2 atom stereocenters. The zero-order valence-corrected chi connectivity index (χ0v) is 17.8. The molecule has 0 bridgehead atoms. The number of amides is 3. The first-order valence-electron chi connectivity index (χ1n) is 10.8. The second-order valence-electron chi connectivity index (χ2n) is 8.38. The molecule has 0 radical (unpaired) electrons. The van der Waals surface area contributed by atoms with E-state index in [0.717, 1.165) is 35.5 Å². The number of piperazine rings is 1. The monoisotopic (exact) mass is 449 g/mol. The molecule has 1 aromatic heterocycles. The minimum Gasteiger partial charge on any atom is -0.353 e. The van der Waals surface area contributed by atoms with Gasteiger partial charge in [-0.05, 0) is 36.6 Å². The first-order valence-corrected chi connectivity index (χ1v) is 10.8. The number of nitrogens with zero attached hydrogens (tertiary/aromatic N) is 3. The number of nitrogens with one attached hydrogen (secondary N) is 2. The number of urea groups is 1. The van der Waals surface area contributed by atoms with E-state index in [-0.39, 0.29) is 30.3 Å². The summed E-state index contributed by atoms with van der Waals surface area (Å²) in [5.41, 5.74) is 1.89. The Labute approximate surface area is 184 Å². The molecule has 0 aliphatic carbocycles. The van der Waals surface area contributed by atoms with Gasteiger partial charge in [0.1, 0.15) is 6.54 Å². The minimum absolute atomic E-state index is 0.00728. The number of carbonyl (C=O) groups excluding carboxylic acids is 2. The average Bonchev–Trinajstić information content (AvgIpc) is 3.27. The Morgan fingerprint density at radius 1 is 1.16 bits per heavy atom. The summed E-state index contributed by atoms with van der Waals surface area (Å²) in [4.78, 5) is 28.2. The molecule has 0 spiro atoms. The fourth-order valence-corrected chi connectivity index (χ4v) is 4.43. The predicted octanol–water partition coefficient (Wildman–Crippen LogP) is 3.12. The second-order valence-corrected chi connectivity index (χ2v) is 8.38. The van der Waals surface area contributed by atoms with E-state index < -0.39 is 11.7 Å². The number of hydrogen-bond donors (Lipinski definition) is 2. The number of hydrogen-bond acceptors (Lipinski definition) is 3. The highest BCUT2D eigenvalue weighted by molar-refractivity contribution is 5.85. The molecule has 1 aromatic carbocycles. The number of aromatic amines is 1. The highest BCUT2D eigenvalue weighted by atomic mass is 19.4. The van der Waals surface area contributed by atoms with E-state index in [1.54, 1.807) is 4.90 Å². The molecule has 2 aromatic rings. The van der Waals surface area contributed by atoms with Crippen molar-refractivity contribution in [1.29, 1.82) is 0 Å². The third kappa shape index (κ3) is 4.73. The predicted molar refractivity (Wildman–Crippen MR) is 111 cm³/mol. The summed E-state index contributed by atoms with van der Waals surface area (Å²) < 4.78 is 39.0. The normalized spacial score (nSPS) is 22.1. The van der Waals surface area contributed by atoms with Crippen LogP contribution in [-0.2, 0) is 17.4 Å². The van der Waals surface area contributed by atoms with E-state index in [1.165, 1.54) is 17.0 Å². The van der Waals surface area contributed by atoms with Gasteiger partial charge in [0.15, 0.2) is 0 Å². The maximum absolute atomic E-state index is 13.2. The molecule has 2 aliphatic rings. The number of carbonyl (C=O) groups is 2. The standard InChI is InChI=1S/C22H26F3N5O2/c1-2-18-10-19(28-27-18)16-9-15(14-3-5-17(6-4-14)22(23,24)25)11-30(12-16)21(32)29-8-7-26-20(31)13-29/h3-6,10,15-16H,2,7-9,11-13H2,1H3,(H,26,31)(H,27,28). The Kier molecular flexibility index (Phi) is 6.12. The van der Waals surface area contributed by atoms with Crippen LogP contribution in [0.2, 0.25) is 0 Å². The molecule has 172 valence electrons. The van der Waals surface area contributed by atoms with Crippen molar-refractivity contribution >= 4 is 11.9 Å². The summed E-state index contributed by atoms with van der Waals surface area (Å²) in [5, 5.41) is 10.1. The number of piperidine rings is 1. The van der Waals surface area contributed by atoms with E-state index in [9.17, 15) is 22.8 Å². The number of halogens is 3. The molecule has 10 heteroatoms. The van der Waals surface area contributed by atoms with Crippen LogP contribution in [0.3, 0.4) is 0 Å². The Morgan fingerprint density at radius 3 is 2.50 bits per heavy atom. The summed E-state index contributed by atoms with van der Waals surface area (Å²) >= 11 is 0. The van der Waals surface area contributed by atoms with Crippen LogP contribution in [0, 0.1) is 0 Å². The molecule has 7 nitrogen and oxygen atoms in total. The molecular weight excluding hydrogens is 423 g/mol. The fraction of sp³-hybridized carbons (Fsp3) is 0.500. The Morgan fingerprint density at radius 2 is 1.88 bits per heavy atom. The van der Waals surface area contributed by atoms with Crippen molar-refractivity contribution in [2.75, 3.05) is 32.7 Å². The van der Waals surface area contributed by atoms with Crippen LogP contribution >= 0.6 is 0 Å². The van der Waals surface area contributed by atoms with Crippen LogP contribution in [0.15, 0.2) is 30.3 Å². The lowest BCUT2D eigenvalue weighted by Gasteiger charge is -2.40. The van der Waals surface area contributed by atoms with Crippen molar-refractivity contribution < 1.29 is 22.8 Å². The van der Waals surface area contributed by atoms with E-state index in [2.05, 4.69) is 15.5 Å². The van der Waals surface area contributed by atoms with E-state index >= 15 is 0 Å². The molecule has 3 heterocycles. The average molecular weight is 449 g/mol. The summed E-state index contributed by atoms with van der Waals surface area (Å²) in [6.07, 6.45) is -2.92. The van der Waals surface area contributed by atoms with Crippen LogP contribution in [0.25, 0.3) is 0 Å². The molecule has 2 N–H and O–H groups in total. The fourth-order valence-electron chi connectivity index (χ4n) is 4.43. The number of H-pyrrole nitrogens is 1. The van der Waals surface area contributed by atoms with Crippen molar-refractivity contribution in [1.82, 2.24) is 25.3 Å². The Hall–Kier alpha value is -3.04. The number of alkyl halides is 3. The van der Waals surface area contributed by atoms with Crippen molar-refractivity contribution in [2.24, 2.45) is 0 Å². The molecular formula is C22H26F3N5O2. The quantitative estimate of drug-likeness (QED) is 0.756. The van der Waals surface area contributed by atoms with Gasteiger partial charge >= 0.3 is 12.2 Å². The van der Waals surface area contributed by atoms with Gasteiger partial charge in [0.2, 0.25) is 5.91 Å². The maximum Gasteiger partial charge on any atom is 0.416 e. The van der Waals surface area contributed by atoms with Gasteiger partial charge in [0.25, 0.3) is 0 Å². The lowest BCUT2D eigenvalue weighted by Crippen LogP contribution is -2.56. The van der Waals surface area contributed by atoms with Gasteiger partial charge in [0, 0.05) is 43.7 Å². The molecule has 32 heavy (non-hydrogen) atoms. The minimum atomic E-state index is -4.39. The van der Waals surface area contributed by atoms with Crippen molar-refractivity contribution in [2.45, 2.75) is 37.8 Å². The summed E-state index contributed by atoms with van der Waals surface area (Å²) in [5.74, 6) is -0.395. The molecule has 2 fully saturated rings. The second kappa shape index (κ2) is 8.84. The molecule has 0 saturated carbocycles. The zero-order chi connectivity index (χ0) is 22.9. The third-order valence-electron chi connectivity index (χ3n) is 6.19. The van der Waals surface area contributed by atoms with Crippen molar-refractivity contribution in [3.8, 4) is 0 Å². The number of aryl methyl sites for hydroxylation is 1. The van der Waals surface area contributed by atoms with Gasteiger partial charge in [0.05, 0.1) is 11.3 Å². The largest absolute Gasteiger partial charge is 0.416 e. The van der Waals surface area contributed by atoms with Gasteiger partial charge < -0.3 is 15.1 Å². The maximum atomic E-state index is 13.2. The Bertz CT molecular complexity index is 973. The zero-order valence-electron chi connectivity index (χ0n) is 17.8. The summed E-state index contributed by atoms with van der Waals surface area (Å²) in [6.45, 7) is 3.68. The van der Waals surface area contributed by atoms with E-state index in [4.69, 9.17) is 0 Å². The number of benzene rings is 1. The van der Waals surface area contributed by atoms with E-state index in [1.807, 2.05) is 13.0 Å². The molecule has 2 saturated heterocycles. The van der Waals surface area contributed by atoms with Crippen molar-refractivity contribution in [3.05, 3.63) is 52.8 Å². The topological polar surface area (TPSA) is 81.3 Å². The highest BCUT2D eigenvalue weighted by Crippen LogP contribution is 2.37. The SMILES string of the molecule is CCc1cc(C2CC(c3ccc(C(F)(F)F)cc3)CN(C(=O)N3CCNC(=O)C3)C2)n[nH]1. The molecule has 3 amide bonds. The van der Waals surface area contributed by atoms with Gasteiger partial charge in [-0.1, -0.05) is 19.1 Å². The highest BCUT2D eigenvalue weighted by Gasteiger charge is 2.36. The summed E-state index contributed by atoms with van der Waals surface area (Å²) in [7, 11) is 0. The van der Waals surface area contributed by atoms with Gasteiger partial charge in [-0.3, -0.25) is 9.89 Å². The lowest BCUT2D eigenvalue weighted by molar-refractivity contribution is -0.137. The first-order chi connectivity index (χ1) is 15.2. The van der Waals surface area contributed by atoms with Crippen LogP contribution in [0.4, 0.5) is 18.0 Å². The smallest absolute Gasteiger partial charge is 0.353 e. The van der Waals surface area contributed by atoms with Crippen molar-refractivity contribution in [3.63, 3.8) is 0 Å². The first kappa shape index (κ1) is 22.2. The molecule has 2 unspecified atom stereocenters. The number of likely N-dealkylation sites (tertiary alicyclic amines) is 1. The third-order valence-corrected chi connectivity index (χ3v) is 6.19. The molecule has 4 rings (SSSR count). The summed E-state index contributed by atoms with van der Waals surface area (Å²) in [6, 6.07) is 6.92. The van der Waals surface area contributed by atoms with Gasteiger partial charge in [-0.25, -0.2) is 4.79 Å².